The minimum atomic E-state index is -1.70. The zero-order chi connectivity index (χ0) is 23.0. The molecule has 8 N–H and O–H groups in total. The Morgan fingerprint density at radius 2 is 1.77 bits per heavy atom. The summed E-state index contributed by atoms with van der Waals surface area (Å²) in [7, 11) is 0. The fraction of sp³-hybridized carbons (Fsp3) is 0.364. The number of hydrogen-bond acceptors (Lipinski definition) is 5. The molecule has 2 aromatic carbocycles. The molecule has 0 aliphatic heterocycles. The molecule has 31 heavy (non-hydrogen) atoms. The number of nitrogens with two attached hydrogens (primary N) is 2. The second-order valence-electron chi connectivity index (χ2n) is 8.21. The molecule has 0 aromatic heterocycles. The summed E-state index contributed by atoms with van der Waals surface area (Å²) in [6.45, 7) is 5.85. The van der Waals surface area contributed by atoms with E-state index in [1.54, 1.807) is 18.2 Å². The van der Waals surface area contributed by atoms with E-state index in [0.29, 0.717) is 18.0 Å². The third-order valence-electron chi connectivity index (χ3n) is 4.12. The Balaban J connectivity index is 1.94. The Morgan fingerprint density at radius 1 is 1.10 bits per heavy atom. The van der Waals surface area contributed by atoms with Gasteiger partial charge in [0.2, 0.25) is 0 Å². The number of carbonyl (C=O) groups is 1. The van der Waals surface area contributed by atoms with Crippen LogP contribution in [0.25, 0.3) is 0 Å². The predicted molar refractivity (Wildman–Crippen MR) is 120 cm³/mol. The highest BCUT2D eigenvalue weighted by Gasteiger charge is 2.22. The van der Waals surface area contributed by atoms with Crippen molar-refractivity contribution in [1.29, 1.82) is 0 Å². The number of urea groups is 1. The summed E-state index contributed by atoms with van der Waals surface area (Å²) < 4.78 is 5.79. The van der Waals surface area contributed by atoms with Crippen LogP contribution in [0, 0.1) is 0 Å². The standard InChI is InChI=1S/C22H31N5O4/c1-22(2,3)27-21(30)26-18(19(28)29)12-14-7-9-17(10-8-14)31-13-15-5-4-6-16(11-15)25-20(23)24/h4-11,18-19,28-29H,12-13H2,1-3H3,(H4,23,24,25)(H2,26,27,30). The lowest BCUT2D eigenvalue weighted by molar-refractivity contribution is -0.0640. The minimum absolute atomic E-state index is 0.00895. The Labute approximate surface area is 182 Å². The Kier molecular flexibility index (Phi) is 8.23. The smallest absolute Gasteiger partial charge is 0.315 e. The maximum absolute atomic E-state index is 12.0. The molecule has 2 aromatic rings. The van der Waals surface area contributed by atoms with Gasteiger partial charge in [-0.1, -0.05) is 24.3 Å². The first kappa shape index (κ1) is 24.0. The van der Waals surface area contributed by atoms with Crippen LogP contribution < -0.4 is 26.8 Å². The van der Waals surface area contributed by atoms with Crippen molar-refractivity contribution in [2.45, 2.75) is 51.7 Å². The highest BCUT2D eigenvalue weighted by molar-refractivity contribution is 5.79. The van der Waals surface area contributed by atoms with E-state index >= 15 is 0 Å². The normalized spacial score (nSPS) is 12.2. The number of aliphatic imine (C=N–C) groups is 1. The molecule has 2 rings (SSSR count). The van der Waals surface area contributed by atoms with Crippen molar-refractivity contribution in [3.8, 4) is 5.75 Å². The van der Waals surface area contributed by atoms with Crippen LogP contribution >= 0.6 is 0 Å². The summed E-state index contributed by atoms with van der Waals surface area (Å²) in [5.74, 6) is 0.640. The third-order valence-corrected chi connectivity index (χ3v) is 4.12. The van der Waals surface area contributed by atoms with Crippen LogP contribution in [0.5, 0.6) is 5.75 Å². The van der Waals surface area contributed by atoms with E-state index in [1.165, 1.54) is 0 Å². The number of rotatable bonds is 8. The summed E-state index contributed by atoms with van der Waals surface area (Å²) in [5.41, 5.74) is 12.7. The molecule has 0 aliphatic rings. The van der Waals surface area contributed by atoms with Crippen molar-refractivity contribution in [3.05, 3.63) is 59.7 Å². The van der Waals surface area contributed by atoms with Gasteiger partial charge < -0.3 is 37.1 Å². The second-order valence-corrected chi connectivity index (χ2v) is 8.21. The van der Waals surface area contributed by atoms with Gasteiger partial charge in [0.05, 0.1) is 11.7 Å². The Morgan fingerprint density at radius 3 is 2.35 bits per heavy atom. The number of amides is 2. The number of benzene rings is 2. The molecule has 0 saturated carbocycles. The SMILES string of the molecule is CC(C)(C)NC(=O)NC(Cc1ccc(OCc2cccc(N=C(N)N)c2)cc1)C(O)O. The van der Waals surface area contributed by atoms with E-state index < -0.39 is 23.9 Å². The lowest BCUT2D eigenvalue weighted by Gasteiger charge is -2.25. The van der Waals surface area contributed by atoms with Gasteiger partial charge in [-0.25, -0.2) is 9.79 Å². The molecule has 1 atom stereocenters. The number of nitrogens with one attached hydrogen (secondary N) is 2. The molecule has 0 heterocycles. The zero-order valence-corrected chi connectivity index (χ0v) is 18.0. The Bertz CT molecular complexity index is 888. The van der Waals surface area contributed by atoms with Crippen LogP contribution in [-0.4, -0.2) is 40.1 Å². The molecule has 0 fully saturated rings. The van der Waals surface area contributed by atoms with Gasteiger partial charge in [-0.15, -0.1) is 0 Å². The molecule has 1 unspecified atom stereocenters. The monoisotopic (exact) mass is 429 g/mol. The molecule has 0 saturated heterocycles. The number of aliphatic hydroxyl groups is 2. The first-order valence-corrected chi connectivity index (χ1v) is 9.87. The van der Waals surface area contributed by atoms with Crippen molar-refractivity contribution in [3.63, 3.8) is 0 Å². The maximum Gasteiger partial charge on any atom is 0.315 e. The fourth-order valence-corrected chi connectivity index (χ4v) is 2.78. The van der Waals surface area contributed by atoms with Crippen LogP contribution in [0.15, 0.2) is 53.5 Å². The first-order chi connectivity index (χ1) is 14.5. The lowest BCUT2D eigenvalue weighted by atomic mass is 10.1. The summed E-state index contributed by atoms with van der Waals surface area (Å²) >= 11 is 0. The summed E-state index contributed by atoms with van der Waals surface area (Å²) in [4.78, 5) is 16.0. The zero-order valence-electron chi connectivity index (χ0n) is 18.0. The maximum atomic E-state index is 12.0. The molecular weight excluding hydrogens is 398 g/mol. The number of guanidine groups is 1. The molecule has 2 amide bonds. The largest absolute Gasteiger partial charge is 0.489 e. The fourth-order valence-electron chi connectivity index (χ4n) is 2.78. The van der Waals surface area contributed by atoms with Gasteiger partial charge in [-0.05, 0) is 62.6 Å². The molecule has 168 valence electrons. The number of aliphatic hydroxyl groups excluding tert-OH is 1. The summed E-state index contributed by atoms with van der Waals surface area (Å²) in [5, 5.41) is 24.6. The molecule has 0 bridgehead atoms. The van der Waals surface area contributed by atoms with Crippen LogP contribution in [0.2, 0.25) is 0 Å². The average Bonchev–Trinajstić information content (AvgIpc) is 2.65. The highest BCUT2D eigenvalue weighted by atomic mass is 16.5. The van der Waals surface area contributed by atoms with E-state index in [-0.39, 0.29) is 12.4 Å². The number of carbonyl (C=O) groups excluding carboxylic acids is 1. The van der Waals surface area contributed by atoms with Gasteiger partial charge in [-0.3, -0.25) is 0 Å². The number of nitrogens with zero attached hydrogens (tertiary/aromatic N) is 1. The number of hydrogen-bond donors (Lipinski definition) is 6. The summed E-state index contributed by atoms with van der Waals surface area (Å²) in [6, 6.07) is 13.2. The number of ether oxygens (including phenoxy) is 1. The van der Waals surface area contributed by atoms with Crippen molar-refractivity contribution < 1.29 is 19.7 Å². The van der Waals surface area contributed by atoms with Gasteiger partial charge in [0, 0.05) is 5.54 Å². The van der Waals surface area contributed by atoms with Crippen molar-refractivity contribution >= 4 is 17.7 Å². The average molecular weight is 430 g/mol. The van der Waals surface area contributed by atoms with Crippen LogP contribution in [0.3, 0.4) is 0 Å². The van der Waals surface area contributed by atoms with E-state index in [0.717, 1.165) is 11.1 Å². The van der Waals surface area contributed by atoms with Crippen molar-refractivity contribution in [1.82, 2.24) is 10.6 Å². The van der Waals surface area contributed by atoms with E-state index in [2.05, 4.69) is 15.6 Å². The summed E-state index contributed by atoms with van der Waals surface area (Å²) in [6.07, 6.45) is -1.45. The lowest BCUT2D eigenvalue weighted by Crippen LogP contribution is -2.53. The molecule has 9 nitrogen and oxygen atoms in total. The van der Waals surface area contributed by atoms with Gasteiger partial charge in [0.15, 0.2) is 12.2 Å². The topological polar surface area (TPSA) is 155 Å². The van der Waals surface area contributed by atoms with Gasteiger partial charge in [0.1, 0.15) is 12.4 Å². The predicted octanol–water partition coefficient (Wildman–Crippen LogP) is 1.49. The highest BCUT2D eigenvalue weighted by Crippen LogP contribution is 2.18. The van der Waals surface area contributed by atoms with Crippen molar-refractivity contribution in [2.75, 3.05) is 0 Å². The quantitative estimate of drug-likeness (QED) is 0.212. The first-order valence-electron chi connectivity index (χ1n) is 9.87. The third kappa shape index (κ3) is 8.93. The van der Waals surface area contributed by atoms with E-state index in [1.807, 2.05) is 51.1 Å². The van der Waals surface area contributed by atoms with Crippen molar-refractivity contribution in [2.24, 2.45) is 16.5 Å². The van der Waals surface area contributed by atoms with Crippen LogP contribution in [0.4, 0.5) is 10.5 Å². The van der Waals surface area contributed by atoms with Crippen LogP contribution in [-0.2, 0) is 13.0 Å². The molecular formula is C22H31N5O4. The second kappa shape index (κ2) is 10.6. The van der Waals surface area contributed by atoms with E-state index in [9.17, 15) is 15.0 Å². The Hall–Kier alpha value is -3.30. The van der Waals surface area contributed by atoms with Gasteiger partial charge in [-0.2, -0.15) is 0 Å². The molecule has 0 aliphatic carbocycles. The molecule has 9 heteroatoms. The van der Waals surface area contributed by atoms with Crippen LogP contribution in [0.1, 0.15) is 31.9 Å². The molecule has 0 radical (unpaired) electrons. The molecule has 0 spiro atoms. The van der Waals surface area contributed by atoms with Gasteiger partial charge >= 0.3 is 6.03 Å². The van der Waals surface area contributed by atoms with Gasteiger partial charge in [0.25, 0.3) is 0 Å². The minimum Gasteiger partial charge on any atom is -0.489 e. The van der Waals surface area contributed by atoms with E-state index in [4.69, 9.17) is 16.2 Å².